The highest BCUT2D eigenvalue weighted by atomic mass is 35.5. The van der Waals surface area contributed by atoms with Gasteiger partial charge in [0.15, 0.2) is 6.61 Å². The van der Waals surface area contributed by atoms with Crippen molar-refractivity contribution in [1.82, 2.24) is 0 Å². The first-order valence-corrected chi connectivity index (χ1v) is 8.96. The summed E-state index contributed by atoms with van der Waals surface area (Å²) >= 11 is 6.17. The van der Waals surface area contributed by atoms with Gasteiger partial charge in [0.1, 0.15) is 0 Å². The highest BCUT2D eigenvalue weighted by Gasteiger charge is 2.24. The summed E-state index contributed by atoms with van der Waals surface area (Å²) in [5, 5.41) is 3.09. The van der Waals surface area contributed by atoms with Crippen LogP contribution in [0.2, 0.25) is 5.02 Å². The van der Waals surface area contributed by atoms with Crippen LogP contribution in [-0.2, 0) is 14.3 Å². The molecule has 0 saturated carbocycles. The van der Waals surface area contributed by atoms with Crippen LogP contribution < -0.4 is 10.2 Å². The van der Waals surface area contributed by atoms with E-state index in [0.29, 0.717) is 29.4 Å². The number of anilines is 2. The standard InChI is InChI=1S/C20H19ClN2O4/c1-13-5-2-3-6-16(13)22-18(24)12-27-20(26)14-8-9-15(21)17(11-14)23-10-4-7-19(23)25/h2-3,5-6,8-9,11H,4,7,10,12H2,1H3,(H,22,24). The molecule has 1 saturated heterocycles. The van der Waals surface area contributed by atoms with Gasteiger partial charge in [-0.15, -0.1) is 0 Å². The second-order valence-electron chi connectivity index (χ2n) is 6.25. The summed E-state index contributed by atoms with van der Waals surface area (Å²) in [6.07, 6.45) is 1.22. The second kappa shape index (κ2) is 8.22. The van der Waals surface area contributed by atoms with Gasteiger partial charge in [-0.1, -0.05) is 29.8 Å². The lowest BCUT2D eigenvalue weighted by molar-refractivity contribution is -0.119. The van der Waals surface area contributed by atoms with E-state index in [0.717, 1.165) is 12.0 Å². The lowest BCUT2D eigenvalue weighted by Crippen LogP contribution is -2.25. The maximum Gasteiger partial charge on any atom is 0.338 e. The zero-order valence-electron chi connectivity index (χ0n) is 14.8. The molecule has 1 heterocycles. The van der Waals surface area contributed by atoms with E-state index in [1.54, 1.807) is 17.0 Å². The fourth-order valence-electron chi connectivity index (χ4n) is 2.86. The van der Waals surface area contributed by atoms with Gasteiger partial charge in [0, 0.05) is 18.7 Å². The van der Waals surface area contributed by atoms with Crippen LogP contribution in [0.3, 0.4) is 0 Å². The molecule has 0 atom stereocenters. The lowest BCUT2D eigenvalue weighted by atomic mass is 10.2. The van der Waals surface area contributed by atoms with Gasteiger partial charge >= 0.3 is 5.97 Å². The van der Waals surface area contributed by atoms with Crippen molar-refractivity contribution in [1.29, 1.82) is 0 Å². The minimum atomic E-state index is -0.653. The Balaban J connectivity index is 1.63. The summed E-state index contributed by atoms with van der Waals surface area (Å²) in [6.45, 7) is 2.03. The molecule has 27 heavy (non-hydrogen) atoms. The van der Waals surface area contributed by atoms with Crippen molar-refractivity contribution in [3.63, 3.8) is 0 Å². The van der Waals surface area contributed by atoms with E-state index < -0.39 is 18.5 Å². The summed E-state index contributed by atoms with van der Waals surface area (Å²) in [5.74, 6) is -1.11. The van der Waals surface area contributed by atoms with Crippen molar-refractivity contribution in [2.45, 2.75) is 19.8 Å². The van der Waals surface area contributed by atoms with E-state index in [1.807, 2.05) is 25.1 Å². The fraction of sp³-hybridized carbons (Fsp3) is 0.250. The summed E-state index contributed by atoms with van der Waals surface area (Å²) < 4.78 is 5.09. The SMILES string of the molecule is Cc1ccccc1NC(=O)COC(=O)c1ccc(Cl)c(N2CCCC2=O)c1. The molecule has 1 aliphatic heterocycles. The third-order valence-electron chi connectivity index (χ3n) is 4.30. The number of rotatable bonds is 5. The van der Waals surface area contributed by atoms with Crippen LogP contribution >= 0.6 is 11.6 Å². The monoisotopic (exact) mass is 386 g/mol. The number of carbonyl (C=O) groups is 3. The first kappa shape index (κ1) is 18.9. The summed E-state index contributed by atoms with van der Waals surface area (Å²) in [6, 6.07) is 11.9. The molecule has 1 fully saturated rings. The number of para-hydroxylation sites is 1. The van der Waals surface area contributed by atoms with Crippen LogP contribution in [-0.4, -0.2) is 30.9 Å². The Morgan fingerprint density at radius 1 is 1.22 bits per heavy atom. The van der Waals surface area contributed by atoms with Crippen molar-refractivity contribution >= 4 is 40.8 Å². The number of amides is 2. The van der Waals surface area contributed by atoms with Gasteiger partial charge in [-0.3, -0.25) is 9.59 Å². The molecule has 7 heteroatoms. The number of ether oxygens (including phenoxy) is 1. The van der Waals surface area contributed by atoms with E-state index in [-0.39, 0.29) is 11.5 Å². The van der Waals surface area contributed by atoms with Gasteiger partial charge in [-0.25, -0.2) is 4.79 Å². The molecule has 140 valence electrons. The highest BCUT2D eigenvalue weighted by Crippen LogP contribution is 2.30. The average Bonchev–Trinajstić information content (AvgIpc) is 3.08. The van der Waals surface area contributed by atoms with Gasteiger partial charge in [0.05, 0.1) is 16.3 Å². The molecule has 1 N–H and O–H groups in total. The zero-order valence-corrected chi connectivity index (χ0v) is 15.6. The van der Waals surface area contributed by atoms with E-state index in [1.165, 1.54) is 12.1 Å². The molecule has 1 aliphatic rings. The predicted octanol–water partition coefficient (Wildman–Crippen LogP) is 3.57. The van der Waals surface area contributed by atoms with Gasteiger partial charge in [-0.2, -0.15) is 0 Å². The third kappa shape index (κ3) is 4.46. The van der Waals surface area contributed by atoms with Crippen LogP contribution in [0.25, 0.3) is 0 Å². The maximum absolute atomic E-state index is 12.3. The minimum absolute atomic E-state index is 0.0278. The summed E-state index contributed by atoms with van der Waals surface area (Å²) in [5.41, 5.74) is 2.30. The van der Waals surface area contributed by atoms with Crippen molar-refractivity contribution in [3.8, 4) is 0 Å². The number of esters is 1. The number of hydrogen-bond donors (Lipinski definition) is 1. The quantitative estimate of drug-likeness (QED) is 0.797. The molecule has 0 unspecified atom stereocenters. The molecular weight excluding hydrogens is 368 g/mol. The smallest absolute Gasteiger partial charge is 0.338 e. The minimum Gasteiger partial charge on any atom is -0.452 e. The Labute approximate surface area is 162 Å². The molecule has 0 radical (unpaired) electrons. The predicted molar refractivity (Wildman–Crippen MR) is 103 cm³/mol. The Bertz CT molecular complexity index is 897. The molecule has 3 rings (SSSR count). The van der Waals surface area contributed by atoms with Gasteiger partial charge in [0.25, 0.3) is 5.91 Å². The normalized spacial score (nSPS) is 13.6. The first-order valence-electron chi connectivity index (χ1n) is 8.58. The molecule has 0 aromatic heterocycles. The van der Waals surface area contributed by atoms with Crippen molar-refractivity contribution in [2.24, 2.45) is 0 Å². The largest absolute Gasteiger partial charge is 0.452 e. The van der Waals surface area contributed by atoms with E-state index in [9.17, 15) is 14.4 Å². The molecule has 6 nitrogen and oxygen atoms in total. The maximum atomic E-state index is 12.3. The van der Waals surface area contributed by atoms with Crippen LogP contribution in [0.4, 0.5) is 11.4 Å². The van der Waals surface area contributed by atoms with Crippen molar-refractivity contribution in [2.75, 3.05) is 23.4 Å². The van der Waals surface area contributed by atoms with Crippen molar-refractivity contribution in [3.05, 3.63) is 58.6 Å². The van der Waals surface area contributed by atoms with Gasteiger partial charge in [-0.05, 0) is 43.2 Å². The molecular formula is C20H19ClN2O4. The number of nitrogens with one attached hydrogen (secondary N) is 1. The van der Waals surface area contributed by atoms with Crippen LogP contribution in [0.15, 0.2) is 42.5 Å². The van der Waals surface area contributed by atoms with Crippen LogP contribution in [0.5, 0.6) is 0 Å². The Morgan fingerprint density at radius 2 is 2.00 bits per heavy atom. The van der Waals surface area contributed by atoms with Crippen LogP contribution in [0, 0.1) is 6.92 Å². The third-order valence-corrected chi connectivity index (χ3v) is 4.62. The van der Waals surface area contributed by atoms with E-state index in [4.69, 9.17) is 16.3 Å². The Kier molecular flexibility index (Phi) is 5.76. The molecule has 0 aliphatic carbocycles. The molecule has 2 amide bonds. The zero-order chi connectivity index (χ0) is 19.4. The van der Waals surface area contributed by atoms with Crippen LogP contribution in [0.1, 0.15) is 28.8 Å². The number of benzene rings is 2. The first-order chi connectivity index (χ1) is 13.0. The molecule has 2 aromatic rings. The van der Waals surface area contributed by atoms with Crippen molar-refractivity contribution < 1.29 is 19.1 Å². The Morgan fingerprint density at radius 3 is 2.70 bits per heavy atom. The number of hydrogen-bond acceptors (Lipinski definition) is 4. The van der Waals surface area contributed by atoms with Gasteiger partial charge in [0.2, 0.25) is 5.91 Å². The van der Waals surface area contributed by atoms with E-state index >= 15 is 0 Å². The summed E-state index contributed by atoms with van der Waals surface area (Å²) in [4.78, 5) is 37.8. The van der Waals surface area contributed by atoms with E-state index in [2.05, 4.69) is 5.32 Å². The van der Waals surface area contributed by atoms with Gasteiger partial charge < -0.3 is 15.0 Å². The lowest BCUT2D eigenvalue weighted by Gasteiger charge is -2.18. The highest BCUT2D eigenvalue weighted by molar-refractivity contribution is 6.34. The average molecular weight is 387 g/mol. The number of halogens is 1. The molecule has 2 aromatic carbocycles. The second-order valence-corrected chi connectivity index (χ2v) is 6.66. The molecule has 0 bridgehead atoms. The Hall–Kier alpha value is -2.86. The molecule has 0 spiro atoms. The number of aryl methyl sites for hydroxylation is 1. The topological polar surface area (TPSA) is 75.7 Å². The number of carbonyl (C=O) groups excluding carboxylic acids is 3. The summed E-state index contributed by atoms with van der Waals surface area (Å²) in [7, 11) is 0. The number of nitrogens with zero attached hydrogens (tertiary/aromatic N) is 1. The fourth-order valence-corrected chi connectivity index (χ4v) is 3.08.